The van der Waals surface area contributed by atoms with E-state index in [-0.39, 0.29) is 0 Å². The van der Waals surface area contributed by atoms with E-state index in [0.29, 0.717) is 10.8 Å². The van der Waals surface area contributed by atoms with E-state index >= 15 is 0 Å². The Labute approximate surface area is 170 Å². The SMILES string of the molecule is CC(C)CCC[C@@H](C)[C@H]1CC[C@H]2[C@@H]3CCC4C=[C]CC[C@]4(C)[C@H]3CC[C@]12C. The molecule has 1 radical (unpaired) electrons. The summed E-state index contributed by atoms with van der Waals surface area (Å²) in [5.74, 6) is 6.71. The van der Waals surface area contributed by atoms with Crippen molar-refractivity contribution >= 4 is 0 Å². The molecule has 0 heterocycles. The lowest BCUT2D eigenvalue weighted by molar-refractivity contribution is -0.0959. The van der Waals surface area contributed by atoms with Gasteiger partial charge in [-0.15, -0.1) is 0 Å². The molecule has 0 nitrogen and oxygen atoms in total. The minimum atomic E-state index is 0.594. The number of fused-ring (bicyclic) bond motifs is 5. The standard InChI is InChI=1S/C27H45/c1-19(2)9-8-10-20(3)23-14-15-24-22-13-12-21-11-6-7-17-26(21,4)25(22)16-18-27(23,24)5/h11,19-25H,7-10,12-18H2,1-5H3/t20-,21?,22+,23-,24+,25+,26+,27-/m1/s1. The molecule has 3 fully saturated rings. The first kappa shape index (κ1) is 20.0. The Bertz CT molecular complexity index is 544. The normalized spacial score (nSPS) is 47.4. The van der Waals surface area contributed by atoms with Gasteiger partial charge in [-0.3, -0.25) is 0 Å². The summed E-state index contributed by atoms with van der Waals surface area (Å²) >= 11 is 0. The Balaban J connectivity index is 1.47. The van der Waals surface area contributed by atoms with Crippen LogP contribution >= 0.6 is 0 Å². The van der Waals surface area contributed by atoms with Crippen LogP contribution in [0.15, 0.2) is 6.08 Å². The van der Waals surface area contributed by atoms with Crippen LogP contribution in [0.1, 0.15) is 105 Å². The van der Waals surface area contributed by atoms with E-state index in [4.69, 9.17) is 0 Å². The lowest BCUT2D eigenvalue weighted by Crippen LogP contribution is -2.52. The molecule has 0 heteroatoms. The number of allylic oxidation sites excluding steroid dienone is 2. The van der Waals surface area contributed by atoms with E-state index in [0.717, 1.165) is 41.4 Å². The average Bonchev–Trinajstić information content (AvgIpc) is 2.98. The maximum Gasteiger partial charge on any atom is -0.0171 e. The summed E-state index contributed by atoms with van der Waals surface area (Å²) in [4.78, 5) is 0. The Morgan fingerprint density at radius 2 is 1.67 bits per heavy atom. The molecule has 4 aliphatic rings. The Morgan fingerprint density at radius 3 is 2.44 bits per heavy atom. The van der Waals surface area contributed by atoms with Gasteiger partial charge in [0.25, 0.3) is 0 Å². The predicted octanol–water partition coefficient (Wildman–Crippen LogP) is 8.08. The van der Waals surface area contributed by atoms with Gasteiger partial charge in [0, 0.05) is 0 Å². The second kappa shape index (κ2) is 7.53. The van der Waals surface area contributed by atoms with Crippen LogP contribution in [0.5, 0.6) is 0 Å². The highest BCUT2D eigenvalue weighted by molar-refractivity contribution is 5.12. The molecule has 153 valence electrons. The van der Waals surface area contributed by atoms with Gasteiger partial charge in [-0.05, 0) is 110 Å². The Hall–Kier alpha value is -0.260. The fourth-order valence-electron chi connectivity index (χ4n) is 8.72. The van der Waals surface area contributed by atoms with Crippen molar-refractivity contribution in [3.63, 3.8) is 0 Å². The quantitative estimate of drug-likeness (QED) is 0.459. The van der Waals surface area contributed by atoms with E-state index in [1.165, 1.54) is 64.2 Å². The van der Waals surface area contributed by atoms with Crippen LogP contribution in [-0.4, -0.2) is 0 Å². The van der Waals surface area contributed by atoms with Gasteiger partial charge in [0.15, 0.2) is 0 Å². The second-order valence-corrected chi connectivity index (χ2v) is 12.0. The average molecular weight is 370 g/mol. The summed E-state index contributed by atoms with van der Waals surface area (Å²) in [6.07, 6.45) is 22.1. The minimum absolute atomic E-state index is 0.594. The molecule has 3 saturated carbocycles. The van der Waals surface area contributed by atoms with Crippen LogP contribution in [0.25, 0.3) is 0 Å². The van der Waals surface area contributed by atoms with Crippen LogP contribution in [0.2, 0.25) is 0 Å². The van der Waals surface area contributed by atoms with Crippen LogP contribution in [0.3, 0.4) is 0 Å². The first-order valence-electron chi connectivity index (χ1n) is 12.4. The third-order valence-electron chi connectivity index (χ3n) is 10.3. The highest BCUT2D eigenvalue weighted by Crippen LogP contribution is 2.67. The van der Waals surface area contributed by atoms with Crippen molar-refractivity contribution < 1.29 is 0 Å². The van der Waals surface area contributed by atoms with Crippen LogP contribution < -0.4 is 0 Å². The first-order chi connectivity index (χ1) is 12.9. The minimum Gasteiger partial charge on any atom is -0.0774 e. The van der Waals surface area contributed by atoms with E-state index in [2.05, 4.69) is 46.8 Å². The largest absolute Gasteiger partial charge is 0.0774 e. The second-order valence-electron chi connectivity index (χ2n) is 12.0. The lowest BCUT2D eigenvalue weighted by Gasteiger charge is -2.60. The zero-order chi connectivity index (χ0) is 19.2. The zero-order valence-corrected chi connectivity index (χ0v) is 18.9. The molecule has 0 aromatic rings. The van der Waals surface area contributed by atoms with Gasteiger partial charge in [-0.25, -0.2) is 0 Å². The monoisotopic (exact) mass is 369 g/mol. The van der Waals surface area contributed by atoms with Crippen molar-refractivity contribution in [3.05, 3.63) is 12.2 Å². The molecule has 0 amide bonds. The Morgan fingerprint density at radius 1 is 0.889 bits per heavy atom. The van der Waals surface area contributed by atoms with Crippen molar-refractivity contribution in [1.29, 1.82) is 0 Å². The predicted molar refractivity (Wildman–Crippen MR) is 116 cm³/mol. The summed E-state index contributed by atoms with van der Waals surface area (Å²) in [6, 6.07) is 0. The van der Waals surface area contributed by atoms with Crippen molar-refractivity contribution in [2.75, 3.05) is 0 Å². The maximum absolute atomic E-state index is 3.58. The molecule has 0 aromatic carbocycles. The van der Waals surface area contributed by atoms with Crippen molar-refractivity contribution in [2.24, 2.45) is 52.3 Å². The fourth-order valence-corrected chi connectivity index (χ4v) is 8.72. The lowest BCUT2D eigenvalue weighted by atomic mass is 9.45. The topological polar surface area (TPSA) is 0 Å². The summed E-state index contributed by atoms with van der Waals surface area (Å²) < 4.78 is 0. The number of hydrogen-bond donors (Lipinski definition) is 0. The molecule has 27 heavy (non-hydrogen) atoms. The van der Waals surface area contributed by atoms with E-state index in [1.807, 2.05) is 0 Å². The molecule has 4 aliphatic carbocycles. The summed E-state index contributed by atoms with van der Waals surface area (Å²) in [7, 11) is 0. The molecule has 0 saturated heterocycles. The number of rotatable bonds is 5. The highest BCUT2D eigenvalue weighted by atomic mass is 14.6. The molecule has 0 aliphatic heterocycles. The smallest absolute Gasteiger partial charge is 0.0171 e. The Kier molecular flexibility index (Phi) is 5.59. The molecular formula is C27H45. The molecule has 0 bridgehead atoms. The highest BCUT2D eigenvalue weighted by Gasteiger charge is 2.59. The molecule has 8 atom stereocenters. The fraction of sp³-hybridized carbons (Fsp3) is 0.926. The van der Waals surface area contributed by atoms with Gasteiger partial charge in [0.2, 0.25) is 0 Å². The van der Waals surface area contributed by atoms with Gasteiger partial charge in [0.05, 0.1) is 0 Å². The molecule has 4 rings (SSSR count). The first-order valence-corrected chi connectivity index (χ1v) is 12.4. The van der Waals surface area contributed by atoms with Crippen LogP contribution in [0.4, 0.5) is 0 Å². The van der Waals surface area contributed by atoms with Crippen LogP contribution in [-0.2, 0) is 0 Å². The van der Waals surface area contributed by atoms with Crippen LogP contribution in [0, 0.1) is 58.3 Å². The summed E-state index contributed by atoms with van der Waals surface area (Å²) in [5, 5.41) is 0. The van der Waals surface area contributed by atoms with Gasteiger partial charge in [-0.1, -0.05) is 60.0 Å². The van der Waals surface area contributed by atoms with Gasteiger partial charge < -0.3 is 0 Å². The van der Waals surface area contributed by atoms with Gasteiger partial charge in [0.1, 0.15) is 0 Å². The summed E-state index contributed by atoms with van der Waals surface area (Å²) in [6.45, 7) is 12.8. The maximum atomic E-state index is 3.58. The molecule has 1 unspecified atom stereocenters. The summed E-state index contributed by atoms with van der Waals surface area (Å²) in [5.41, 5.74) is 1.24. The van der Waals surface area contributed by atoms with Crippen molar-refractivity contribution in [2.45, 2.75) is 105 Å². The van der Waals surface area contributed by atoms with Crippen molar-refractivity contribution in [3.8, 4) is 0 Å². The van der Waals surface area contributed by atoms with E-state index in [1.54, 1.807) is 6.42 Å². The zero-order valence-electron chi connectivity index (χ0n) is 18.9. The molecule has 0 spiro atoms. The molecular weight excluding hydrogens is 324 g/mol. The van der Waals surface area contributed by atoms with Gasteiger partial charge >= 0.3 is 0 Å². The third kappa shape index (κ3) is 3.36. The van der Waals surface area contributed by atoms with E-state index in [9.17, 15) is 0 Å². The van der Waals surface area contributed by atoms with Gasteiger partial charge in [-0.2, -0.15) is 0 Å². The molecule has 0 N–H and O–H groups in total. The van der Waals surface area contributed by atoms with Crippen molar-refractivity contribution in [1.82, 2.24) is 0 Å². The number of hydrogen-bond acceptors (Lipinski definition) is 0. The third-order valence-corrected chi connectivity index (χ3v) is 10.3. The molecule has 0 aromatic heterocycles. The van der Waals surface area contributed by atoms with E-state index < -0.39 is 0 Å².